The zero-order valence-corrected chi connectivity index (χ0v) is 8.62. The Bertz CT molecular complexity index is 177. The SMILES string of the molecule is Br.NCc1csc(Br)n1. The fraction of sp³-hybridized carbons (Fsp3) is 0.250. The third-order valence-electron chi connectivity index (χ3n) is 0.733. The number of rotatable bonds is 1. The molecule has 9 heavy (non-hydrogen) atoms. The molecule has 0 atom stereocenters. The molecule has 0 fully saturated rings. The lowest BCUT2D eigenvalue weighted by atomic mass is 10.5. The Labute approximate surface area is 76.4 Å². The van der Waals surface area contributed by atoms with Crippen molar-refractivity contribution >= 4 is 44.2 Å². The van der Waals surface area contributed by atoms with E-state index in [9.17, 15) is 0 Å². The minimum absolute atomic E-state index is 0. The average Bonchev–Trinajstić information content (AvgIpc) is 2.14. The molecule has 0 saturated heterocycles. The average molecular weight is 274 g/mol. The van der Waals surface area contributed by atoms with Crippen LogP contribution < -0.4 is 5.73 Å². The van der Waals surface area contributed by atoms with Crippen LogP contribution in [0, 0.1) is 0 Å². The van der Waals surface area contributed by atoms with Crippen molar-refractivity contribution in [2.24, 2.45) is 5.73 Å². The highest BCUT2D eigenvalue weighted by Crippen LogP contribution is 2.14. The molecule has 2 nitrogen and oxygen atoms in total. The van der Waals surface area contributed by atoms with Gasteiger partial charge in [-0.15, -0.1) is 28.3 Å². The van der Waals surface area contributed by atoms with Crippen molar-refractivity contribution in [3.05, 3.63) is 15.0 Å². The summed E-state index contributed by atoms with van der Waals surface area (Å²) in [7, 11) is 0. The molecule has 0 aliphatic heterocycles. The van der Waals surface area contributed by atoms with Crippen LogP contribution in [-0.4, -0.2) is 4.98 Å². The van der Waals surface area contributed by atoms with Gasteiger partial charge in [-0.1, -0.05) is 0 Å². The lowest BCUT2D eigenvalue weighted by Crippen LogP contribution is -1.94. The molecule has 1 heterocycles. The number of hydrogen-bond donors (Lipinski definition) is 1. The van der Waals surface area contributed by atoms with E-state index in [1.54, 1.807) is 11.3 Å². The van der Waals surface area contributed by atoms with Crippen molar-refractivity contribution in [2.75, 3.05) is 0 Å². The van der Waals surface area contributed by atoms with E-state index in [4.69, 9.17) is 5.73 Å². The summed E-state index contributed by atoms with van der Waals surface area (Å²) in [6.07, 6.45) is 0. The smallest absolute Gasteiger partial charge is 0.159 e. The Morgan fingerprint density at radius 3 is 2.67 bits per heavy atom. The molecule has 0 amide bonds. The molecule has 0 aromatic carbocycles. The fourth-order valence-electron chi connectivity index (χ4n) is 0.376. The van der Waals surface area contributed by atoms with Crippen molar-refractivity contribution in [1.29, 1.82) is 0 Å². The van der Waals surface area contributed by atoms with Crippen molar-refractivity contribution in [1.82, 2.24) is 4.98 Å². The first-order chi connectivity index (χ1) is 3.83. The van der Waals surface area contributed by atoms with Gasteiger partial charge in [0.05, 0.1) is 5.69 Å². The Morgan fingerprint density at radius 2 is 2.44 bits per heavy atom. The van der Waals surface area contributed by atoms with Gasteiger partial charge in [-0.2, -0.15) is 0 Å². The summed E-state index contributed by atoms with van der Waals surface area (Å²) in [6, 6.07) is 0. The van der Waals surface area contributed by atoms with Crippen LogP contribution in [0.2, 0.25) is 0 Å². The molecule has 0 saturated carbocycles. The van der Waals surface area contributed by atoms with Crippen LogP contribution in [0.1, 0.15) is 5.69 Å². The van der Waals surface area contributed by atoms with E-state index in [0.717, 1.165) is 9.61 Å². The van der Waals surface area contributed by atoms with E-state index in [-0.39, 0.29) is 17.0 Å². The maximum absolute atomic E-state index is 5.29. The Hall–Kier alpha value is 0.550. The summed E-state index contributed by atoms with van der Waals surface area (Å²) in [5, 5.41) is 1.93. The van der Waals surface area contributed by atoms with E-state index in [1.165, 1.54) is 0 Å². The zero-order valence-electron chi connectivity index (χ0n) is 4.50. The standard InChI is InChI=1S/C4H5BrN2S.BrH/c5-4-7-3(1-6)2-8-4;/h2H,1,6H2;1H. The molecule has 0 aliphatic carbocycles. The quantitative estimate of drug-likeness (QED) is 0.850. The van der Waals surface area contributed by atoms with Gasteiger partial charge in [0.25, 0.3) is 0 Å². The van der Waals surface area contributed by atoms with Gasteiger partial charge in [0, 0.05) is 11.9 Å². The van der Waals surface area contributed by atoms with Gasteiger partial charge in [0.15, 0.2) is 3.92 Å². The predicted octanol–water partition coefficient (Wildman–Crippen LogP) is 1.94. The van der Waals surface area contributed by atoms with Crippen molar-refractivity contribution < 1.29 is 0 Å². The highest BCUT2D eigenvalue weighted by molar-refractivity contribution is 9.11. The second-order valence-corrected chi connectivity index (χ2v) is 3.43. The van der Waals surface area contributed by atoms with Crippen LogP contribution in [0.25, 0.3) is 0 Å². The summed E-state index contributed by atoms with van der Waals surface area (Å²) in [4.78, 5) is 4.04. The normalized spacial score (nSPS) is 8.67. The molecule has 0 spiro atoms. The van der Waals surface area contributed by atoms with E-state index < -0.39 is 0 Å². The monoisotopic (exact) mass is 272 g/mol. The summed E-state index contributed by atoms with van der Waals surface area (Å²) in [5.74, 6) is 0. The van der Waals surface area contributed by atoms with Crippen LogP contribution in [0.15, 0.2) is 9.30 Å². The van der Waals surface area contributed by atoms with Crippen LogP contribution in [0.5, 0.6) is 0 Å². The lowest BCUT2D eigenvalue weighted by molar-refractivity contribution is 1.01. The maximum Gasteiger partial charge on any atom is 0.159 e. The highest BCUT2D eigenvalue weighted by Gasteiger charge is 1.92. The molecule has 2 N–H and O–H groups in total. The van der Waals surface area contributed by atoms with Crippen LogP contribution >= 0.6 is 44.2 Å². The summed E-state index contributed by atoms with van der Waals surface area (Å²) in [5.41, 5.74) is 6.23. The molecular weight excluding hydrogens is 268 g/mol. The largest absolute Gasteiger partial charge is 0.325 e. The third-order valence-corrected chi connectivity index (χ3v) is 2.15. The summed E-state index contributed by atoms with van der Waals surface area (Å²) < 4.78 is 0.901. The van der Waals surface area contributed by atoms with E-state index in [2.05, 4.69) is 20.9 Å². The van der Waals surface area contributed by atoms with Gasteiger partial charge < -0.3 is 5.73 Å². The Morgan fingerprint density at radius 1 is 1.78 bits per heavy atom. The van der Waals surface area contributed by atoms with E-state index >= 15 is 0 Å². The van der Waals surface area contributed by atoms with Crippen LogP contribution in [0.3, 0.4) is 0 Å². The molecule has 52 valence electrons. The van der Waals surface area contributed by atoms with Crippen LogP contribution in [0.4, 0.5) is 0 Å². The summed E-state index contributed by atoms with van der Waals surface area (Å²) >= 11 is 4.78. The van der Waals surface area contributed by atoms with Crippen LogP contribution in [-0.2, 0) is 6.54 Å². The minimum atomic E-state index is 0. The molecule has 5 heteroatoms. The highest BCUT2D eigenvalue weighted by atomic mass is 79.9. The van der Waals surface area contributed by atoms with Crippen molar-refractivity contribution in [3.8, 4) is 0 Å². The molecule has 0 radical (unpaired) electrons. The van der Waals surface area contributed by atoms with Crippen molar-refractivity contribution in [3.63, 3.8) is 0 Å². The number of hydrogen-bond acceptors (Lipinski definition) is 3. The molecule has 1 rings (SSSR count). The second-order valence-electron chi connectivity index (χ2n) is 1.30. The predicted molar refractivity (Wildman–Crippen MR) is 48.0 cm³/mol. The maximum atomic E-state index is 5.29. The fourth-order valence-corrected chi connectivity index (χ4v) is 1.44. The first-order valence-electron chi connectivity index (χ1n) is 2.13. The first kappa shape index (κ1) is 9.55. The molecule has 0 bridgehead atoms. The first-order valence-corrected chi connectivity index (χ1v) is 3.80. The molecule has 1 aromatic heterocycles. The molecule has 1 aromatic rings. The lowest BCUT2D eigenvalue weighted by Gasteiger charge is -1.79. The minimum Gasteiger partial charge on any atom is -0.325 e. The van der Waals surface area contributed by atoms with E-state index in [0.29, 0.717) is 6.54 Å². The van der Waals surface area contributed by atoms with E-state index in [1.807, 2.05) is 5.38 Å². The molecule has 0 aliphatic rings. The number of nitrogens with two attached hydrogens (primary N) is 1. The number of nitrogens with zero attached hydrogens (tertiary/aromatic N) is 1. The summed E-state index contributed by atoms with van der Waals surface area (Å²) in [6.45, 7) is 0.530. The van der Waals surface area contributed by atoms with Gasteiger partial charge >= 0.3 is 0 Å². The van der Waals surface area contributed by atoms with Gasteiger partial charge in [0.2, 0.25) is 0 Å². The second kappa shape index (κ2) is 4.38. The van der Waals surface area contributed by atoms with Gasteiger partial charge in [-0.3, -0.25) is 0 Å². The number of thiazole rings is 1. The number of aromatic nitrogens is 1. The number of halogens is 2. The van der Waals surface area contributed by atoms with Gasteiger partial charge in [-0.25, -0.2) is 4.98 Å². The van der Waals surface area contributed by atoms with Gasteiger partial charge in [-0.05, 0) is 15.9 Å². The Kier molecular flexibility index (Phi) is 4.65. The third kappa shape index (κ3) is 2.75. The Balaban J connectivity index is 0.000000640. The molecule has 0 unspecified atom stereocenters. The van der Waals surface area contributed by atoms with Crippen molar-refractivity contribution in [2.45, 2.75) is 6.54 Å². The van der Waals surface area contributed by atoms with Gasteiger partial charge in [0.1, 0.15) is 0 Å². The molecular formula is C4H6Br2N2S. The topological polar surface area (TPSA) is 38.9 Å². The zero-order chi connectivity index (χ0) is 5.98.